The summed E-state index contributed by atoms with van der Waals surface area (Å²) < 4.78 is 37.6. The van der Waals surface area contributed by atoms with Crippen molar-refractivity contribution in [3.63, 3.8) is 0 Å². The van der Waals surface area contributed by atoms with Crippen LogP contribution >= 0.6 is 0 Å². The first-order valence-electron chi connectivity index (χ1n) is 5.17. The molecule has 0 radical (unpaired) electrons. The van der Waals surface area contributed by atoms with Gasteiger partial charge in [-0.3, -0.25) is 4.90 Å². The number of likely N-dealkylation sites (N-methyl/N-ethyl adjacent to an activating group) is 1. The predicted molar refractivity (Wildman–Crippen MR) is 56.4 cm³/mol. The van der Waals surface area contributed by atoms with Gasteiger partial charge in [0.1, 0.15) is 5.82 Å². The second-order valence-corrected chi connectivity index (χ2v) is 4.10. The molecule has 0 amide bonds. The van der Waals surface area contributed by atoms with E-state index in [-0.39, 0.29) is 12.5 Å². The number of halogens is 3. The van der Waals surface area contributed by atoms with Gasteiger partial charge < -0.3 is 15.1 Å². The molecule has 2 atom stereocenters. The molecule has 100 valence electrons. The number of aromatic nitrogens is 1. The molecule has 1 aliphatic heterocycles. The molecule has 2 N–H and O–H groups in total. The topological polar surface area (TPSA) is 59.8 Å². The number of hydrogen-bond acceptors (Lipinski definition) is 5. The van der Waals surface area contributed by atoms with Crippen molar-refractivity contribution in [3.8, 4) is 0 Å². The Morgan fingerprint density at radius 1 is 1.33 bits per heavy atom. The van der Waals surface area contributed by atoms with E-state index in [2.05, 4.69) is 4.98 Å². The van der Waals surface area contributed by atoms with Crippen LogP contribution in [0.25, 0.3) is 0 Å². The van der Waals surface area contributed by atoms with Crippen LogP contribution < -0.4 is 4.90 Å². The number of anilines is 1. The Morgan fingerprint density at radius 2 is 2.00 bits per heavy atom. The third kappa shape index (κ3) is 2.26. The van der Waals surface area contributed by atoms with E-state index >= 15 is 0 Å². The molecule has 5 nitrogen and oxygen atoms in total. The summed E-state index contributed by atoms with van der Waals surface area (Å²) >= 11 is 0. The van der Waals surface area contributed by atoms with Gasteiger partial charge in [-0.1, -0.05) is 0 Å². The fraction of sp³-hybridized carbons (Fsp3) is 0.500. The molecule has 1 fully saturated rings. The molecule has 2 heterocycles. The van der Waals surface area contributed by atoms with E-state index < -0.39 is 24.2 Å². The summed E-state index contributed by atoms with van der Waals surface area (Å²) in [6, 6.07) is 1.70. The second kappa shape index (κ2) is 4.38. The van der Waals surface area contributed by atoms with Gasteiger partial charge in [0.05, 0.1) is 12.2 Å². The molecule has 1 aromatic heterocycles. The van der Waals surface area contributed by atoms with E-state index in [0.29, 0.717) is 0 Å². The molecule has 0 spiro atoms. The average molecular weight is 263 g/mol. The molecular weight excluding hydrogens is 251 g/mol. The van der Waals surface area contributed by atoms with E-state index in [0.717, 1.165) is 18.3 Å². The number of aliphatic hydroxyl groups is 2. The van der Waals surface area contributed by atoms with Crippen molar-refractivity contribution >= 4 is 5.82 Å². The summed E-state index contributed by atoms with van der Waals surface area (Å²) in [5.41, 5.74) is -0.844. The third-order valence-electron chi connectivity index (χ3n) is 2.78. The SMILES string of the molecule is CN1CN(c2cc(C(F)(F)F)ccn2)C(O)C1O. The molecular formula is C10H12F3N3O2. The van der Waals surface area contributed by atoms with Crippen LogP contribution in [0.3, 0.4) is 0 Å². The Balaban J connectivity index is 2.30. The van der Waals surface area contributed by atoms with Crippen LogP contribution in [0.1, 0.15) is 5.56 Å². The molecule has 2 unspecified atom stereocenters. The van der Waals surface area contributed by atoms with Crippen LogP contribution in [0, 0.1) is 0 Å². The van der Waals surface area contributed by atoms with Crippen LogP contribution in [0.15, 0.2) is 18.3 Å². The zero-order chi connectivity index (χ0) is 13.5. The number of alkyl halides is 3. The van der Waals surface area contributed by atoms with Crippen molar-refractivity contribution in [1.82, 2.24) is 9.88 Å². The van der Waals surface area contributed by atoms with Crippen LogP contribution in [-0.4, -0.2) is 46.3 Å². The highest BCUT2D eigenvalue weighted by Crippen LogP contribution is 2.32. The van der Waals surface area contributed by atoms with Crippen LogP contribution in [0.5, 0.6) is 0 Å². The quantitative estimate of drug-likeness (QED) is 0.770. The Bertz CT molecular complexity index is 441. The maximum Gasteiger partial charge on any atom is 0.416 e. The number of nitrogens with zero attached hydrogens (tertiary/aromatic N) is 3. The standard InChI is InChI=1S/C10H12F3N3O2/c1-15-5-16(9(18)8(15)17)7-4-6(2-3-14-7)10(11,12)13/h2-4,8-9,17-18H,5H2,1H3. The van der Waals surface area contributed by atoms with E-state index in [1.165, 1.54) is 9.80 Å². The minimum Gasteiger partial charge on any atom is -0.374 e. The van der Waals surface area contributed by atoms with Gasteiger partial charge in [0.2, 0.25) is 0 Å². The first-order valence-corrected chi connectivity index (χ1v) is 5.17. The summed E-state index contributed by atoms with van der Waals surface area (Å²) in [5, 5.41) is 19.2. The highest BCUT2D eigenvalue weighted by atomic mass is 19.4. The molecule has 8 heteroatoms. The van der Waals surface area contributed by atoms with E-state index in [4.69, 9.17) is 0 Å². The maximum absolute atomic E-state index is 12.5. The van der Waals surface area contributed by atoms with E-state index in [1.807, 2.05) is 0 Å². The Kier molecular flexibility index (Phi) is 3.18. The van der Waals surface area contributed by atoms with Gasteiger partial charge in [-0.25, -0.2) is 4.98 Å². The molecule has 0 aliphatic carbocycles. The van der Waals surface area contributed by atoms with Gasteiger partial charge in [0.25, 0.3) is 0 Å². The molecule has 1 saturated heterocycles. The zero-order valence-corrected chi connectivity index (χ0v) is 9.46. The lowest BCUT2D eigenvalue weighted by Gasteiger charge is -2.21. The predicted octanol–water partition coefficient (Wildman–Crippen LogP) is 0.446. The van der Waals surface area contributed by atoms with Gasteiger partial charge in [-0.05, 0) is 19.2 Å². The first kappa shape index (κ1) is 13.1. The maximum atomic E-state index is 12.5. The summed E-state index contributed by atoms with van der Waals surface area (Å²) in [6.45, 7) is 0.0939. The highest BCUT2D eigenvalue weighted by Gasteiger charge is 2.37. The monoisotopic (exact) mass is 263 g/mol. The lowest BCUT2D eigenvalue weighted by Crippen LogP contribution is -2.36. The molecule has 1 aromatic rings. The van der Waals surface area contributed by atoms with Crippen molar-refractivity contribution in [2.45, 2.75) is 18.6 Å². The van der Waals surface area contributed by atoms with Gasteiger partial charge in [-0.15, -0.1) is 0 Å². The van der Waals surface area contributed by atoms with Crippen molar-refractivity contribution in [2.75, 3.05) is 18.6 Å². The number of rotatable bonds is 1. The Morgan fingerprint density at radius 3 is 2.50 bits per heavy atom. The van der Waals surface area contributed by atoms with Crippen LogP contribution in [0.4, 0.5) is 19.0 Å². The Labute approximate surface area is 101 Å². The molecule has 0 aromatic carbocycles. The molecule has 0 bridgehead atoms. The molecule has 0 saturated carbocycles. The van der Waals surface area contributed by atoms with Crippen molar-refractivity contribution in [1.29, 1.82) is 0 Å². The molecule has 2 rings (SSSR count). The highest BCUT2D eigenvalue weighted by molar-refractivity contribution is 5.43. The van der Waals surface area contributed by atoms with Crippen LogP contribution in [-0.2, 0) is 6.18 Å². The second-order valence-electron chi connectivity index (χ2n) is 4.10. The van der Waals surface area contributed by atoms with Crippen molar-refractivity contribution < 1.29 is 23.4 Å². The summed E-state index contributed by atoms with van der Waals surface area (Å²) in [4.78, 5) is 6.37. The van der Waals surface area contributed by atoms with Gasteiger partial charge in [0, 0.05) is 6.20 Å². The molecule has 18 heavy (non-hydrogen) atoms. The number of hydrogen-bond donors (Lipinski definition) is 2. The minimum atomic E-state index is -4.47. The molecule has 1 aliphatic rings. The summed E-state index contributed by atoms with van der Waals surface area (Å²) in [5.74, 6) is -0.0271. The lowest BCUT2D eigenvalue weighted by molar-refractivity contribution is -0.137. The van der Waals surface area contributed by atoms with Crippen molar-refractivity contribution in [3.05, 3.63) is 23.9 Å². The van der Waals surface area contributed by atoms with Gasteiger partial charge in [0.15, 0.2) is 12.5 Å². The largest absolute Gasteiger partial charge is 0.416 e. The summed E-state index contributed by atoms with van der Waals surface area (Å²) in [6.07, 6.45) is -5.89. The summed E-state index contributed by atoms with van der Waals surface area (Å²) in [7, 11) is 1.54. The van der Waals surface area contributed by atoms with Gasteiger partial charge in [-0.2, -0.15) is 13.2 Å². The fourth-order valence-corrected chi connectivity index (χ4v) is 1.76. The average Bonchev–Trinajstić information content (AvgIpc) is 2.56. The van der Waals surface area contributed by atoms with E-state index in [9.17, 15) is 23.4 Å². The smallest absolute Gasteiger partial charge is 0.374 e. The van der Waals surface area contributed by atoms with Crippen LogP contribution in [0.2, 0.25) is 0 Å². The Hall–Kier alpha value is -1.38. The first-order chi connectivity index (χ1) is 8.30. The number of aliphatic hydroxyl groups excluding tert-OH is 2. The zero-order valence-electron chi connectivity index (χ0n) is 9.46. The lowest BCUT2D eigenvalue weighted by atomic mass is 10.2. The fourth-order valence-electron chi connectivity index (χ4n) is 1.76. The third-order valence-corrected chi connectivity index (χ3v) is 2.78. The van der Waals surface area contributed by atoms with Crippen molar-refractivity contribution in [2.24, 2.45) is 0 Å². The van der Waals surface area contributed by atoms with E-state index in [1.54, 1.807) is 7.05 Å². The minimum absolute atomic E-state index is 0.0271. The van der Waals surface area contributed by atoms with Gasteiger partial charge >= 0.3 is 6.18 Å². The number of pyridine rings is 1. The normalized spacial score (nSPS) is 25.8.